The van der Waals surface area contributed by atoms with E-state index >= 15 is 0 Å². The zero-order valence-electron chi connectivity index (χ0n) is 16.0. The Kier molecular flexibility index (Phi) is 5.97. The van der Waals surface area contributed by atoms with Crippen molar-refractivity contribution in [3.05, 3.63) is 70.2 Å². The number of hydrogen-bond donors (Lipinski definition) is 2. The molecule has 0 saturated heterocycles. The highest BCUT2D eigenvalue weighted by Crippen LogP contribution is 2.30. The summed E-state index contributed by atoms with van der Waals surface area (Å²) in [4.78, 5) is 30.0. The van der Waals surface area contributed by atoms with Gasteiger partial charge in [0.05, 0.1) is 10.7 Å². The molecule has 2 amide bonds. The molecule has 148 valence electrons. The second-order valence-corrected chi connectivity index (χ2v) is 9.08. The molecule has 5 nitrogen and oxygen atoms in total. The minimum atomic E-state index is -0.178. The quantitative estimate of drug-likeness (QED) is 0.503. The summed E-state index contributed by atoms with van der Waals surface area (Å²) in [6.07, 6.45) is 1.92. The van der Waals surface area contributed by atoms with Crippen LogP contribution >= 0.6 is 23.1 Å². The Morgan fingerprint density at radius 3 is 2.48 bits per heavy atom. The number of aryl methyl sites for hydroxylation is 1. The SMILES string of the molecule is Cc1nc(CSc2ccc(C(=O)Nc3cccc(NC(=O)C4CC4)c3)cc2)cs1. The Morgan fingerprint density at radius 2 is 1.83 bits per heavy atom. The maximum absolute atomic E-state index is 12.5. The number of nitrogens with one attached hydrogen (secondary N) is 2. The van der Waals surface area contributed by atoms with Crippen LogP contribution in [0.1, 0.15) is 33.9 Å². The Balaban J connectivity index is 1.33. The minimum Gasteiger partial charge on any atom is -0.326 e. The Morgan fingerprint density at radius 1 is 1.10 bits per heavy atom. The summed E-state index contributed by atoms with van der Waals surface area (Å²) in [7, 11) is 0. The number of thioether (sulfide) groups is 1. The second kappa shape index (κ2) is 8.80. The van der Waals surface area contributed by atoms with Gasteiger partial charge in [-0.2, -0.15) is 0 Å². The first kappa shape index (κ1) is 19.7. The standard InChI is InChI=1S/C22H21N3O2S2/c1-14-23-19(12-28-14)13-29-20-9-7-16(8-10-20)22(27)25-18-4-2-3-17(11-18)24-21(26)15-5-6-15/h2-4,7-12,15H,5-6,13H2,1H3,(H,24,26)(H,25,27). The minimum absolute atomic E-state index is 0.0503. The Bertz CT molecular complexity index is 1030. The molecule has 4 rings (SSSR count). The van der Waals surface area contributed by atoms with Gasteiger partial charge in [0, 0.05) is 38.9 Å². The van der Waals surface area contributed by atoms with E-state index in [9.17, 15) is 9.59 Å². The van der Waals surface area contributed by atoms with Crippen molar-refractivity contribution in [3.63, 3.8) is 0 Å². The van der Waals surface area contributed by atoms with Gasteiger partial charge in [0.25, 0.3) is 5.91 Å². The number of aromatic nitrogens is 1. The molecule has 7 heteroatoms. The monoisotopic (exact) mass is 423 g/mol. The predicted molar refractivity (Wildman–Crippen MR) is 119 cm³/mol. The fourth-order valence-corrected chi connectivity index (χ4v) is 4.31. The number of anilines is 2. The summed E-state index contributed by atoms with van der Waals surface area (Å²) in [5.41, 5.74) is 3.02. The molecule has 0 aliphatic heterocycles. The van der Waals surface area contributed by atoms with Crippen molar-refractivity contribution in [1.82, 2.24) is 4.98 Å². The van der Waals surface area contributed by atoms with Crippen molar-refractivity contribution < 1.29 is 9.59 Å². The lowest BCUT2D eigenvalue weighted by Gasteiger charge is -2.09. The lowest BCUT2D eigenvalue weighted by atomic mass is 10.2. The Labute approximate surface area is 178 Å². The third kappa shape index (κ3) is 5.46. The van der Waals surface area contributed by atoms with Gasteiger partial charge in [-0.15, -0.1) is 23.1 Å². The van der Waals surface area contributed by atoms with E-state index in [1.54, 1.807) is 29.2 Å². The van der Waals surface area contributed by atoms with Crippen LogP contribution in [0, 0.1) is 12.8 Å². The number of hydrogen-bond acceptors (Lipinski definition) is 5. The van der Waals surface area contributed by atoms with Crippen LogP contribution < -0.4 is 10.6 Å². The summed E-state index contributed by atoms with van der Waals surface area (Å²) in [6, 6.07) is 14.8. The summed E-state index contributed by atoms with van der Waals surface area (Å²) >= 11 is 3.35. The predicted octanol–water partition coefficient (Wildman–Crippen LogP) is 5.34. The molecule has 1 aliphatic carbocycles. The average molecular weight is 424 g/mol. The van der Waals surface area contributed by atoms with Crippen molar-refractivity contribution in [2.45, 2.75) is 30.4 Å². The van der Waals surface area contributed by atoms with Crippen molar-refractivity contribution in [1.29, 1.82) is 0 Å². The van der Waals surface area contributed by atoms with Gasteiger partial charge in [-0.1, -0.05) is 6.07 Å². The maximum Gasteiger partial charge on any atom is 0.255 e. The van der Waals surface area contributed by atoms with E-state index in [1.807, 2.05) is 49.4 Å². The van der Waals surface area contributed by atoms with Gasteiger partial charge < -0.3 is 10.6 Å². The fourth-order valence-electron chi connectivity index (χ4n) is 2.80. The van der Waals surface area contributed by atoms with E-state index in [-0.39, 0.29) is 17.7 Å². The molecule has 1 fully saturated rings. The lowest BCUT2D eigenvalue weighted by molar-refractivity contribution is -0.117. The highest BCUT2D eigenvalue weighted by Gasteiger charge is 2.29. The molecule has 2 N–H and O–H groups in total. The van der Waals surface area contributed by atoms with Crippen molar-refractivity contribution in [3.8, 4) is 0 Å². The van der Waals surface area contributed by atoms with Gasteiger partial charge in [0.1, 0.15) is 0 Å². The number of nitrogens with zero attached hydrogens (tertiary/aromatic N) is 1. The topological polar surface area (TPSA) is 71.1 Å². The molecule has 1 aliphatic rings. The van der Waals surface area contributed by atoms with Gasteiger partial charge in [-0.3, -0.25) is 9.59 Å². The largest absolute Gasteiger partial charge is 0.326 e. The van der Waals surface area contributed by atoms with Crippen LogP contribution in [0.3, 0.4) is 0 Å². The first-order chi connectivity index (χ1) is 14.1. The van der Waals surface area contributed by atoms with E-state index in [2.05, 4.69) is 21.0 Å². The number of thiazole rings is 1. The van der Waals surface area contributed by atoms with Crippen LogP contribution in [0.4, 0.5) is 11.4 Å². The smallest absolute Gasteiger partial charge is 0.255 e. The molecule has 0 radical (unpaired) electrons. The van der Waals surface area contributed by atoms with Crippen LogP contribution in [0.2, 0.25) is 0 Å². The molecule has 0 bridgehead atoms. The first-order valence-electron chi connectivity index (χ1n) is 9.43. The van der Waals surface area contributed by atoms with E-state index in [0.29, 0.717) is 16.9 Å². The van der Waals surface area contributed by atoms with Crippen LogP contribution in [-0.4, -0.2) is 16.8 Å². The number of carbonyl (C=O) groups is 2. The molecule has 1 heterocycles. The Hall–Kier alpha value is -2.64. The number of carbonyl (C=O) groups excluding carboxylic acids is 2. The van der Waals surface area contributed by atoms with E-state index in [4.69, 9.17) is 0 Å². The van der Waals surface area contributed by atoms with Crippen molar-refractivity contribution in [2.24, 2.45) is 5.92 Å². The molecule has 0 atom stereocenters. The van der Waals surface area contributed by atoms with Crippen LogP contribution in [0.25, 0.3) is 0 Å². The molecule has 0 spiro atoms. The van der Waals surface area contributed by atoms with Crippen molar-refractivity contribution >= 4 is 46.3 Å². The molecule has 1 aromatic heterocycles. The summed E-state index contributed by atoms with van der Waals surface area (Å²) in [5, 5.41) is 8.94. The molecular weight excluding hydrogens is 402 g/mol. The molecular formula is C22H21N3O2S2. The van der Waals surface area contributed by atoms with E-state index < -0.39 is 0 Å². The molecule has 0 unspecified atom stereocenters. The number of rotatable bonds is 7. The van der Waals surface area contributed by atoms with Crippen LogP contribution in [0.5, 0.6) is 0 Å². The van der Waals surface area contributed by atoms with E-state index in [0.717, 1.165) is 34.2 Å². The second-order valence-electron chi connectivity index (χ2n) is 6.97. The maximum atomic E-state index is 12.5. The summed E-state index contributed by atoms with van der Waals surface area (Å²) in [6.45, 7) is 2.00. The third-order valence-corrected chi connectivity index (χ3v) is 6.37. The van der Waals surface area contributed by atoms with Crippen LogP contribution in [-0.2, 0) is 10.5 Å². The molecule has 29 heavy (non-hydrogen) atoms. The van der Waals surface area contributed by atoms with Gasteiger partial charge >= 0.3 is 0 Å². The highest BCUT2D eigenvalue weighted by molar-refractivity contribution is 7.98. The molecule has 2 aromatic carbocycles. The normalized spacial score (nSPS) is 13.1. The van der Waals surface area contributed by atoms with Gasteiger partial charge in [0.15, 0.2) is 0 Å². The third-order valence-electron chi connectivity index (χ3n) is 4.51. The fraction of sp³-hybridized carbons (Fsp3) is 0.227. The zero-order valence-corrected chi connectivity index (χ0v) is 17.6. The van der Waals surface area contributed by atoms with Crippen molar-refractivity contribution in [2.75, 3.05) is 10.6 Å². The molecule has 3 aromatic rings. The highest BCUT2D eigenvalue weighted by atomic mass is 32.2. The summed E-state index contributed by atoms with van der Waals surface area (Å²) in [5.74, 6) is 0.829. The van der Waals surface area contributed by atoms with Gasteiger partial charge in [-0.05, 0) is 62.2 Å². The molecule has 1 saturated carbocycles. The lowest BCUT2D eigenvalue weighted by Crippen LogP contribution is -2.14. The van der Waals surface area contributed by atoms with Crippen LogP contribution in [0.15, 0.2) is 58.8 Å². The number of benzene rings is 2. The first-order valence-corrected chi connectivity index (χ1v) is 11.3. The van der Waals surface area contributed by atoms with E-state index in [1.165, 1.54) is 0 Å². The average Bonchev–Trinajstić information content (AvgIpc) is 3.49. The van der Waals surface area contributed by atoms with Gasteiger partial charge in [0.2, 0.25) is 5.91 Å². The summed E-state index contributed by atoms with van der Waals surface area (Å²) < 4.78 is 0. The zero-order chi connectivity index (χ0) is 20.2. The van der Waals surface area contributed by atoms with Gasteiger partial charge in [-0.25, -0.2) is 4.98 Å². The number of amides is 2.